The minimum Gasteiger partial charge on any atom is -0.148 e. The summed E-state index contributed by atoms with van der Waals surface area (Å²) in [7, 11) is 0. The zero-order valence-electron chi connectivity index (χ0n) is 12.3. The molecule has 1 heteroatoms. The van der Waals surface area contributed by atoms with Crippen LogP contribution in [-0.4, -0.2) is 0 Å². The maximum Gasteiger partial charge on any atom is 0.0323 e. The standard InChI is InChI=1S/C21H16S/c1-2-6-16(7-3-1)10-12-19-18-9-5-4-8-17(18)11-13-21-20(19)14-15-22-21/h1-10,14-15H,11,13H2. The van der Waals surface area contributed by atoms with E-state index >= 15 is 0 Å². The molecule has 1 aliphatic carbocycles. The average molecular weight is 300 g/mol. The van der Waals surface area contributed by atoms with Gasteiger partial charge >= 0.3 is 0 Å². The second kappa shape index (κ2) is 5.81. The molecule has 4 rings (SSSR count). The number of rotatable bonds is 1. The van der Waals surface area contributed by atoms with Crippen LogP contribution in [-0.2, 0) is 12.8 Å². The first-order valence-electron chi connectivity index (χ1n) is 7.58. The zero-order valence-corrected chi connectivity index (χ0v) is 13.1. The van der Waals surface area contributed by atoms with Crippen molar-refractivity contribution in [2.45, 2.75) is 12.8 Å². The molecular formula is C21H16S. The van der Waals surface area contributed by atoms with Gasteiger partial charge in [0.1, 0.15) is 0 Å². The molecule has 0 saturated heterocycles. The molecule has 0 N–H and O–H groups in total. The molecule has 0 spiro atoms. The fourth-order valence-corrected chi connectivity index (χ4v) is 3.88. The van der Waals surface area contributed by atoms with Crippen molar-refractivity contribution in [3.63, 3.8) is 0 Å². The third-order valence-corrected chi connectivity index (χ3v) is 5.09. The summed E-state index contributed by atoms with van der Waals surface area (Å²) in [4.78, 5) is 1.47. The van der Waals surface area contributed by atoms with Crippen molar-refractivity contribution in [3.8, 4) is 0 Å². The summed E-state index contributed by atoms with van der Waals surface area (Å²) in [6.45, 7) is 0. The van der Waals surface area contributed by atoms with E-state index in [0.29, 0.717) is 0 Å². The van der Waals surface area contributed by atoms with E-state index in [-0.39, 0.29) is 0 Å². The second-order valence-electron chi connectivity index (χ2n) is 5.49. The van der Waals surface area contributed by atoms with Crippen LogP contribution in [0.3, 0.4) is 0 Å². The van der Waals surface area contributed by atoms with E-state index in [4.69, 9.17) is 0 Å². The van der Waals surface area contributed by atoms with Crippen LogP contribution >= 0.6 is 11.3 Å². The predicted molar refractivity (Wildman–Crippen MR) is 95.1 cm³/mol. The average Bonchev–Trinajstić information content (AvgIpc) is 2.98. The Bertz CT molecular complexity index is 862. The summed E-state index contributed by atoms with van der Waals surface area (Å²) in [6.07, 6.45) is 4.33. The first-order valence-corrected chi connectivity index (χ1v) is 8.46. The third kappa shape index (κ3) is 2.46. The number of hydrogen-bond acceptors (Lipinski definition) is 1. The Kier molecular flexibility index (Phi) is 3.52. The van der Waals surface area contributed by atoms with E-state index in [0.717, 1.165) is 12.8 Å². The van der Waals surface area contributed by atoms with Crippen molar-refractivity contribution in [1.82, 2.24) is 0 Å². The van der Waals surface area contributed by atoms with Gasteiger partial charge in [0.05, 0.1) is 0 Å². The first kappa shape index (κ1) is 13.3. The molecule has 0 amide bonds. The van der Waals surface area contributed by atoms with Crippen LogP contribution < -0.4 is 0 Å². The number of fused-ring (bicyclic) bond motifs is 2. The van der Waals surface area contributed by atoms with Crippen molar-refractivity contribution in [3.05, 3.63) is 98.9 Å². The largest absolute Gasteiger partial charge is 0.148 e. The Balaban J connectivity index is 1.93. The molecule has 106 valence electrons. The summed E-state index contributed by atoms with van der Waals surface area (Å²) < 4.78 is 0. The highest BCUT2D eigenvalue weighted by atomic mass is 32.1. The topological polar surface area (TPSA) is 0 Å². The minimum atomic E-state index is 1.11. The van der Waals surface area contributed by atoms with E-state index < -0.39 is 0 Å². The monoisotopic (exact) mass is 300 g/mol. The molecule has 1 aliphatic rings. The van der Waals surface area contributed by atoms with Crippen molar-refractivity contribution in [2.24, 2.45) is 0 Å². The number of aryl methyl sites for hydroxylation is 2. The van der Waals surface area contributed by atoms with Gasteiger partial charge < -0.3 is 0 Å². The number of thiophene rings is 1. The molecule has 0 nitrogen and oxygen atoms in total. The molecular weight excluding hydrogens is 284 g/mol. The summed E-state index contributed by atoms with van der Waals surface area (Å²) in [6, 6.07) is 21.4. The maximum absolute atomic E-state index is 3.57. The molecule has 1 heterocycles. The molecule has 0 aliphatic heterocycles. The van der Waals surface area contributed by atoms with E-state index in [1.165, 1.54) is 32.7 Å². The molecule has 0 bridgehead atoms. The smallest absolute Gasteiger partial charge is 0.0323 e. The van der Waals surface area contributed by atoms with Crippen molar-refractivity contribution >= 4 is 23.0 Å². The number of benzene rings is 2. The van der Waals surface area contributed by atoms with Gasteiger partial charge in [-0.2, -0.15) is 0 Å². The second-order valence-corrected chi connectivity index (χ2v) is 6.49. The van der Waals surface area contributed by atoms with Crippen molar-refractivity contribution < 1.29 is 0 Å². The van der Waals surface area contributed by atoms with Gasteiger partial charge in [0, 0.05) is 16.0 Å². The molecule has 0 unspecified atom stereocenters. The molecule has 1 aromatic heterocycles. The van der Waals surface area contributed by atoms with Crippen LogP contribution in [0.2, 0.25) is 0 Å². The van der Waals surface area contributed by atoms with Gasteiger partial charge in [-0.05, 0) is 47.1 Å². The molecule has 0 atom stereocenters. The van der Waals surface area contributed by atoms with Crippen LogP contribution in [0.25, 0.3) is 11.6 Å². The fourth-order valence-electron chi connectivity index (χ4n) is 2.99. The summed E-state index contributed by atoms with van der Waals surface area (Å²) in [5, 5.41) is 2.20. The van der Waals surface area contributed by atoms with Gasteiger partial charge in [0.2, 0.25) is 0 Å². The quantitative estimate of drug-likeness (QED) is 0.514. The summed E-state index contributed by atoms with van der Waals surface area (Å²) in [5.41, 5.74) is 10.1. The third-order valence-electron chi connectivity index (χ3n) is 4.11. The molecule has 22 heavy (non-hydrogen) atoms. The SMILES string of the molecule is C(=Cc1ccccc1)=C1c2ccccc2CCc2sccc21. The van der Waals surface area contributed by atoms with Crippen LogP contribution in [0.5, 0.6) is 0 Å². The predicted octanol–water partition coefficient (Wildman–Crippen LogP) is 5.59. The minimum absolute atomic E-state index is 1.11. The Labute approximate surface area is 135 Å². The Morgan fingerprint density at radius 1 is 0.818 bits per heavy atom. The summed E-state index contributed by atoms with van der Waals surface area (Å²) >= 11 is 1.86. The van der Waals surface area contributed by atoms with Gasteiger partial charge in [-0.25, -0.2) is 0 Å². The molecule has 0 radical (unpaired) electrons. The van der Waals surface area contributed by atoms with E-state index in [9.17, 15) is 0 Å². The van der Waals surface area contributed by atoms with E-state index in [1.807, 2.05) is 17.4 Å². The van der Waals surface area contributed by atoms with Crippen LogP contribution in [0.4, 0.5) is 0 Å². The highest BCUT2D eigenvalue weighted by molar-refractivity contribution is 7.10. The van der Waals surface area contributed by atoms with Gasteiger partial charge in [0.25, 0.3) is 0 Å². The van der Waals surface area contributed by atoms with Gasteiger partial charge in [-0.3, -0.25) is 0 Å². The molecule has 0 fully saturated rings. The van der Waals surface area contributed by atoms with Crippen molar-refractivity contribution in [2.75, 3.05) is 0 Å². The summed E-state index contributed by atoms with van der Waals surface area (Å²) in [5.74, 6) is 0. The molecule has 0 saturated carbocycles. The Morgan fingerprint density at radius 3 is 2.55 bits per heavy atom. The van der Waals surface area contributed by atoms with Gasteiger partial charge in [-0.15, -0.1) is 17.1 Å². The zero-order chi connectivity index (χ0) is 14.8. The lowest BCUT2D eigenvalue weighted by Crippen LogP contribution is -1.90. The van der Waals surface area contributed by atoms with E-state index in [1.54, 1.807) is 0 Å². The lowest BCUT2D eigenvalue weighted by atomic mass is 9.96. The Morgan fingerprint density at radius 2 is 1.64 bits per heavy atom. The fraction of sp³-hybridized carbons (Fsp3) is 0.0952. The van der Waals surface area contributed by atoms with Crippen LogP contribution in [0.15, 0.2) is 71.8 Å². The Hall–Kier alpha value is -2.34. The van der Waals surface area contributed by atoms with Gasteiger partial charge in [0.15, 0.2) is 0 Å². The van der Waals surface area contributed by atoms with Crippen LogP contribution in [0.1, 0.15) is 27.1 Å². The van der Waals surface area contributed by atoms with Crippen molar-refractivity contribution in [1.29, 1.82) is 0 Å². The normalized spacial score (nSPS) is 12.8. The van der Waals surface area contributed by atoms with E-state index in [2.05, 4.69) is 71.8 Å². The molecule has 2 aromatic carbocycles. The lowest BCUT2D eigenvalue weighted by Gasteiger charge is -2.06. The lowest BCUT2D eigenvalue weighted by molar-refractivity contribution is 0.985. The highest BCUT2D eigenvalue weighted by Crippen LogP contribution is 2.35. The first-order chi connectivity index (χ1) is 10.9. The van der Waals surface area contributed by atoms with Gasteiger partial charge in [-0.1, -0.05) is 54.6 Å². The number of hydrogen-bond donors (Lipinski definition) is 0. The molecule has 3 aromatic rings. The highest BCUT2D eigenvalue weighted by Gasteiger charge is 2.18. The maximum atomic E-state index is 3.57. The van der Waals surface area contributed by atoms with Crippen LogP contribution in [0, 0.1) is 0 Å².